The molecule has 0 bridgehead atoms. The van der Waals surface area contributed by atoms with E-state index in [1.165, 1.54) is 6.20 Å². The summed E-state index contributed by atoms with van der Waals surface area (Å²) in [6.07, 6.45) is 3.06. The van der Waals surface area contributed by atoms with Gasteiger partial charge in [0, 0.05) is 12.6 Å². The van der Waals surface area contributed by atoms with Crippen LogP contribution in [-0.4, -0.2) is 39.4 Å². The van der Waals surface area contributed by atoms with Gasteiger partial charge in [-0.2, -0.15) is 5.10 Å². The minimum atomic E-state index is -0.330. The second kappa shape index (κ2) is 8.63. The summed E-state index contributed by atoms with van der Waals surface area (Å²) in [5.41, 5.74) is 2.57. The zero-order valence-electron chi connectivity index (χ0n) is 14.0. The Labute approximate surface area is 150 Å². The zero-order chi connectivity index (χ0) is 18.2. The zero-order valence-corrected chi connectivity index (χ0v) is 14.0. The number of amides is 1. The molecule has 0 aliphatic carbocycles. The van der Waals surface area contributed by atoms with E-state index >= 15 is 0 Å². The highest BCUT2D eigenvalue weighted by Crippen LogP contribution is 2.17. The first kappa shape index (κ1) is 17.4. The number of aromatic amines is 1. The number of aliphatic hydroxyl groups excluding tert-OH is 1. The minimum absolute atomic E-state index is 0.0846. The number of benzene rings is 1. The number of pyridine rings is 1. The fourth-order valence-corrected chi connectivity index (χ4v) is 2.27. The van der Waals surface area contributed by atoms with Crippen molar-refractivity contribution in [3.8, 4) is 5.88 Å². The molecule has 1 aromatic carbocycles. The van der Waals surface area contributed by atoms with Crippen molar-refractivity contribution in [2.75, 3.05) is 23.8 Å². The number of nitrogens with one attached hydrogen (secondary N) is 3. The lowest BCUT2D eigenvalue weighted by molar-refractivity contribution is 0.102. The van der Waals surface area contributed by atoms with Gasteiger partial charge in [-0.05, 0) is 11.6 Å². The Morgan fingerprint density at radius 2 is 2.00 bits per heavy atom. The maximum absolute atomic E-state index is 12.4. The van der Waals surface area contributed by atoms with Crippen LogP contribution >= 0.6 is 0 Å². The van der Waals surface area contributed by atoms with Crippen molar-refractivity contribution in [2.24, 2.45) is 0 Å². The highest BCUT2D eigenvalue weighted by molar-refractivity contribution is 6.06. The third kappa shape index (κ3) is 4.58. The summed E-state index contributed by atoms with van der Waals surface area (Å²) in [6, 6.07) is 13.2. The van der Waals surface area contributed by atoms with E-state index in [-0.39, 0.29) is 19.1 Å². The number of aliphatic hydroxyl groups is 1. The van der Waals surface area contributed by atoms with Gasteiger partial charge in [0.1, 0.15) is 12.3 Å². The van der Waals surface area contributed by atoms with Gasteiger partial charge in [0.15, 0.2) is 0 Å². The van der Waals surface area contributed by atoms with Crippen LogP contribution in [0.3, 0.4) is 0 Å². The number of H-pyrrole nitrogens is 1. The second-order valence-corrected chi connectivity index (χ2v) is 5.41. The average Bonchev–Trinajstić information content (AvgIpc) is 3.15. The third-order valence-electron chi connectivity index (χ3n) is 3.53. The average molecular weight is 353 g/mol. The lowest BCUT2D eigenvalue weighted by Crippen LogP contribution is -2.15. The molecule has 26 heavy (non-hydrogen) atoms. The van der Waals surface area contributed by atoms with Crippen LogP contribution in [0.5, 0.6) is 5.88 Å². The molecule has 0 aliphatic heterocycles. The van der Waals surface area contributed by atoms with Gasteiger partial charge >= 0.3 is 0 Å². The number of carbonyl (C=O) groups is 1. The molecular formula is C18H19N5O3. The van der Waals surface area contributed by atoms with E-state index in [9.17, 15) is 4.79 Å². The van der Waals surface area contributed by atoms with Gasteiger partial charge in [-0.25, -0.2) is 4.98 Å². The first-order valence-corrected chi connectivity index (χ1v) is 8.08. The molecule has 3 aromatic rings. The van der Waals surface area contributed by atoms with Crippen LogP contribution in [0.1, 0.15) is 16.1 Å². The number of rotatable bonds is 8. The predicted octanol–water partition coefficient (Wildman–Crippen LogP) is 2.04. The fourth-order valence-electron chi connectivity index (χ4n) is 2.27. The van der Waals surface area contributed by atoms with Crippen LogP contribution in [-0.2, 0) is 6.54 Å². The maximum atomic E-state index is 12.4. The van der Waals surface area contributed by atoms with E-state index < -0.39 is 0 Å². The summed E-state index contributed by atoms with van der Waals surface area (Å²) in [4.78, 5) is 16.5. The SMILES string of the molecule is O=C(Nc1ccc(OCCO)nc1)c1[nH]ncc1NCc1ccccc1. The normalized spacial score (nSPS) is 10.3. The molecule has 0 saturated carbocycles. The van der Waals surface area contributed by atoms with E-state index in [1.54, 1.807) is 18.3 Å². The van der Waals surface area contributed by atoms with Gasteiger partial charge in [-0.15, -0.1) is 0 Å². The minimum Gasteiger partial charge on any atom is -0.475 e. The molecule has 2 heterocycles. The largest absolute Gasteiger partial charge is 0.475 e. The molecule has 8 heteroatoms. The molecule has 0 atom stereocenters. The van der Waals surface area contributed by atoms with Gasteiger partial charge < -0.3 is 20.5 Å². The van der Waals surface area contributed by atoms with E-state index in [0.29, 0.717) is 29.5 Å². The number of aromatic nitrogens is 3. The Morgan fingerprint density at radius 1 is 1.15 bits per heavy atom. The summed E-state index contributed by atoms with van der Waals surface area (Å²) < 4.78 is 5.18. The van der Waals surface area contributed by atoms with Gasteiger partial charge in [0.2, 0.25) is 5.88 Å². The molecule has 0 aliphatic rings. The number of nitrogens with zero attached hydrogens (tertiary/aromatic N) is 2. The molecule has 4 N–H and O–H groups in total. The van der Waals surface area contributed by atoms with Crippen molar-refractivity contribution >= 4 is 17.3 Å². The van der Waals surface area contributed by atoms with Gasteiger partial charge in [0.25, 0.3) is 5.91 Å². The van der Waals surface area contributed by atoms with Crippen molar-refractivity contribution < 1.29 is 14.6 Å². The van der Waals surface area contributed by atoms with Crippen molar-refractivity contribution in [1.29, 1.82) is 0 Å². The summed E-state index contributed by atoms with van der Waals surface area (Å²) in [5.74, 6) is 0.0488. The molecule has 134 valence electrons. The molecule has 2 aromatic heterocycles. The summed E-state index contributed by atoms with van der Waals surface area (Å²) in [6.45, 7) is 0.668. The second-order valence-electron chi connectivity index (χ2n) is 5.41. The topological polar surface area (TPSA) is 112 Å². The van der Waals surface area contributed by atoms with Gasteiger partial charge in [0.05, 0.1) is 30.4 Å². The Balaban J connectivity index is 1.60. The quantitative estimate of drug-likeness (QED) is 0.493. The first-order chi connectivity index (χ1) is 12.8. The van der Waals surface area contributed by atoms with E-state index in [2.05, 4.69) is 25.8 Å². The number of hydrogen-bond donors (Lipinski definition) is 4. The number of carbonyl (C=O) groups excluding carboxylic acids is 1. The van der Waals surface area contributed by atoms with Crippen LogP contribution < -0.4 is 15.4 Å². The van der Waals surface area contributed by atoms with Crippen LogP contribution in [0.25, 0.3) is 0 Å². The number of ether oxygens (including phenoxy) is 1. The maximum Gasteiger partial charge on any atom is 0.275 e. The molecule has 0 fully saturated rings. The standard InChI is InChI=1S/C18H19N5O3/c24-8-9-26-16-7-6-14(11-20-16)22-18(25)17-15(12-21-23-17)19-10-13-4-2-1-3-5-13/h1-7,11-12,19,24H,8-10H2,(H,21,23)(H,22,25). The first-order valence-electron chi connectivity index (χ1n) is 8.08. The van der Waals surface area contributed by atoms with Crippen LogP contribution in [0, 0.1) is 0 Å². The van der Waals surface area contributed by atoms with E-state index in [4.69, 9.17) is 9.84 Å². The van der Waals surface area contributed by atoms with Crippen LogP contribution in [0.2, 0.25) is 0 Å². The number of anilines is 2. The smallest absolute Gasteiger partial charge is 0.275 e. The van der Waals surface area contributed by atoms with Crippen molar-refractivity contribution in [2.45, 2.75) is 6.54 Å². The monoisotopic (exact) mass is 353 g/mol. The summed E-state index contributed by atoms with van der Waals surface area (Å²) in [7, 11) is 0. The van der Waals surface area contributed by atoms with Crippen molar-refractivity contribution in [1.82, 2.24) is 15.2 Å². The highest BCUT2D eigenvalue weighted by atomic mass is 16.5. The molecule has 0 radical (unpaired) electrons. The van der Waals surface area contributed by atoms with Crippen molar-refractivity contribution in [3.63, 3.8) is 0 Å². The van der Waals surface area contributed by atoms with Crippen LogP contribution in [0.4, 0.5) is 11.4 Å². The lowest BCUT2D eigenvalue weighted by atomic mass is 10.2. The summed E-state index contributed by atoms with van der Waals surface area (Å²) >= 11 is 0. The molecule has 8 nitrogen and oxygen atoms in total. The molecular weight excluding hydrogens is 334 g/mol. The predicted molar refractivity (Wildman–Crippen MR) is 97.1 cm³/mol. The van der Waals surface area contributed by atoms with Gasteiger partial charge in [-0.1, -0.05) is 30.3 Å². The molecule has 0 spiro atoms. The van der Waals surface area contributed by atoms with Gasteiger partial charge in [-0.3, -0.25) is 9.89 Å². The van der Waals surface area contributed by atoms with E-state index in [0.717, 1.165) is 5.56 Å². The Bertz CT molecular complexity index is 834. The lowest BCUT2D eigenvalue weighted by Gasteiger charge is -2.08. The Kier molecular flexibility index (Phi) is 5.79. The molecule has 1 amide bonds. The Morgan fingerprint density at radius 3 is 2.73 bits per heavy atom. The summed E-state index contributed by atoms with van der Waals surface area (Å²) in [5, 5.41) is 21.3. The Hall–Kier alpha value is -3.39. The van der Waals surface area contributed by atoms with Crippen molar-refractivity contribution in [3.05, 3.63) is 66.1 Å². The van der Waals surface area contributed by atoms with E-state index in [1.807, 2.05) is 30.3 Å². The number of hydrogen-bond acceptors (Lipinski definition) is 6. The van der Waals surface area contributed by atoms with Crippen LogP contribution in [0.15, 0.2) is 54.9 Å². The molecule has 0 saturated heterocycles. The molecule has 0 unspecified atom stereocenters. The fraction of sp³-hybridized carbons (Fsp3) is 0.167. The molecule has 3 rings (SSSR count). The highest BCUT2D eigenvalue weighted by Gasteiger charge is 2.14. The third-order valence-corrected chi connectivity index (χ3v) is 3.53.